The van der Waals surface area contributed by atoms with Crippen LogP contribution in [0.25, 0.3) is 27.7 Å². The van der Waals surface area contributed by atoms with E-state index in [-0.39, 0.29) is 5.91 Å². The van der Waals surface area contributed by atoms with Crippen molar-refractivity contribution in [3.8, 4) is 16.9 Å². The first-order valence-corrected chi connectivity index (χ1v) is 11.6. The number of methoxy groups -OCH3 is 1. The normalized spacial score (nSPS) is 11.8. The van der Waals surface area contributed by atoms with Crippen molar-refractivity contribution in [1.82, 2.24) is 4.90 Å². The number of allylic oxidation sites excluding steroid dienone is 1. The van der Waals surface area contributed by atoms with Gasteiger partial charge in [0.2, 0.25) is 5.91 Å². The van der Waals surface area contributed by atoms with Crippen LogP contribution in [0.4, 0.5) is 0 Å². The van der Waals surface area contributed by atoms with Crippen LogP contribution in [0.2, 0.25) is 10.0 Å². The van der Waals surface area contributed by atoms with E-state index in [4.69, 9.17) is 32.4 Å². The van der Waals surface area contributed by atoms with Crippen LogP contribution < -0.4 is 4.74 Å². The summed E-state index contributed by atoms with van der Waals surface area (Å²) >= 11 is 12.6. The van der Waals surface area contributed by atoms with Crippen molar-refractivity contribution in [3.63, 3.8) is 0 Å². The third kappa shape index (κ3) is 4.82. The average Bonchev–Trinajstić information content (AvgIpc) is 3.17. The van der Waals surface area contributed by atoms with Gasteiger partial charge in [-0.15, -0.1) is 0 Å². The molecule has 6 heteroatoms. The van der Waals surface area contributed by atoms with Crippen molar-refractivity contribution >= 4 is 45.7 Å². The van der Waals surface area contributed by atoms with Gasteiger partial charge in [-0.1, -0.05) is 43.1 Å². The molecule has 0 aliphatic rings. The fourth-order valence-corrected chi connectivity index (χ4v) is 4.52. The largest absolute Gasteiger partial charge is 0.496 e. The zero-order valence-corrected chi connectivity index (χ0v) is 20.7. The number of nitrogens with zero attached hydrogens (tertiary/aromatic N) is 1. The Labute approximate surface area is 199 Å². The molecule has 1 aromatic heterocycles. The predicted octanol–water partition coefficient (Wildman–Crippen LogP) is 7.78. The Morgan fingerprint density at radius 3 is 2.41 bits per heavy atom. The van der Waals surface area contributed by atoms with Crippen molar-refractivity contribution in [2.24, 2.45) is 0 Å². The van der Waals surface area contributed by atoms with E-state index in [1.54, 1.807) is 31.6 Å². The van der Waals surface area contributed by atoms with Crippen LogP contribution in [0.3, 0.4) is 0 Å². The maximum absolute atomic E-state index is 12.9. The molecule has 3 rings (SSSR count). The van der Waals surface area contributed by atoms with E-state index in [0.29, 0.717) is 15.8 Å². The summed E-state index contributed by atoms with van der Waals surface area (Å²) in [6, 6.07) is 7.41. The monoisotopic (exact) mass is 473 g/mol. The van der Waals surface area contributed by atoms with Crippen LogP contribution in [0.5, 0.6) is 5.75 Å². The summed E-state index contributed by atoms with van der Waals surface area (Å²) in [5.74, 6) is 0.707. The van der Waals surface area contributed by atoms with Crippen molar-refractivity contribution in [3.05, 3.63) is 57.8 Å². The molecule has 0 N–H and O–H groups in total. The second kappa shape index (κ2) is 10.5. The zero-order chi connectivity index (χ0) is 23.4. The molecule has 4 nitrogen and oxygen atoms in total. The number of ether oxygens (including phenoxy) is 1. The minimum Gasteiger partial charge on any atom is -0.496 e. The van der Waals surface area contributed by atoms with Crippen LogP contribution in [0, 0.1) is 6.92 Å². The minimum atomic E-state index is 0.0131. The van der Waals surface area contributed by atoms with Gasteiger partial charge in [-0.25, -0.2) is 0 Å². The molecule has 170 valence electrons. The second-order valence-electron chi connectivity index (χ2n) is 7.89. The number of hydrogen-bond donors (Lipinski definition) is 0. The zero-order valence-electron chi connectivity index (χ0n) is 19.2. The minimum absolute atomic E-state index is 0.0131. The summed E-state index contributed by atoms with van der Waals surface area (Å²) in [6.45, 7) is 9.53. The molecule has 0 saturated carbocycles. The van der Waals surface area contributed by atoms with Gasteiger partial charge in [0, 0.05) is 51.8 Å². The number of fused-ring (bicyclic) bond motifs is 1. The van der Waals surface area contributed by atoms with Crippen LogP contribution in [0.15, 0.2) is 41.0 Å². The van der Waals surface area contributed by atoms with Gasteiger partial charge in [0.15, 0.2) is 0 Å². The lowest BCUT2D eigenvalue weighted by molar-refractivity contribution is -0.126. The third-order valence-electron chi connectivity index (χ3n) is 5.53. The van der Waals surface area contributed by atoms with Gasteiger partial charge in [0.05, 0.1) is 18.4 Å². The number of carbonyl (C=O) groups excluding carboxylic acids is 1. The number of rotatable bonds is 8. The average molecular weight is 474 g/mol. The van der Waals surface area contributed by atoms with Gasteiger partial charge in [-0.05, 0) is 50.5 Å². The van der Waals surface area contributed by atoms with Gasteiger partial charge >= 0.3 is 0 Å². The molecular weight excluding hydrogens is 445 g/mol. The molecule has 0 fully saturated rings. The molecule has 0 aliphatic heterocycles. The Morgan fingerprint density at radius 1 is 1.12 bits per heavy atom. The highest BCUT2D eigenvalue weighted by Crippen LogP contribution is 2.42. The summed E-state index contributed by atoms with van der Waals surface area (Å²) in [5, 5.41) is 2.03. The van der Waals surface area contributed by atoms with Crippen molar-refractivity contribution in [2.75, 3.05) is 20.2 Å². The Morgan fingerprint density at radius 2 is 1.81 bits per heavy atom. The highest BCUT2D eigenvalue weighted by Gasteiger charge is 2.20. The Kier molecular flexibility index (Phi) is 7.91. The first kappa shape index (κ1) is 24.2. The van der Waals surface area contributed by atoms with E-state index < -0.39 is 0 Å². The number of benzene rings is 2. The summed E-state index contributed by atoms with van der Waals surface area (Å²) in [7, 11) is 1.63. The SMILES string of the molecule is CCCN(CCC)C(=O)/C=C(\C)c1cc2c(-c3ccc(Cl)cc3Cl)coc2c(C)c1OC. The lowest BCUT2D eigenvalue weighted by Gasteiger charge is -2.20. The fraction of sp³-hybridized carbons (Fsp3) is 0.346. The number of carbonyl (C=O) groups is 1. The maximum atomic E-state index is 12.9. The van der Waals surface area contributed by atoms with Gasteiger partial charge in [-0.3, -0.25) is 4.79 Å². The van der Waals surface area contributed by atoms with Crippen molar-refractivity contribution in [2.45, 2.75) is 40.5 Å². The van der Waals surface area contributed by atoms with Gasteiger partial charge in [0.25, 0.3) is 0 Å². The highest BCUT2D eigenvalue weighted by atomic mass is 35.5. The number of amides is 1. The molecule has 0 atom stereocenters. The van der Waals surface area contributed by atoms with Crippen molar-refractivity contribution in [1.29, 1.82) is 0 Å². The van der Waals surface area contributed by atoms with Crippen LogP contribution >= 0.6 is 23.2 Å². The van der Waals surface area contributed by atoms with Crippen molar-refractivity contribution < 1.29 is 13.9 Å². The van der Waals surface area contributed by atoms with Crippen LogP contribution in [-0.4, -0.2) is 31.0 Å². The summed E-state index contributed by atoms with van der Waals surface area (Å²) in [4.78, 5) is 14.8. The van der Waals surface area contributed by atoms with Gasteiger partial charge < -0.3 is 14.1 Å². The van der Waals surface area contributed by atoms with E-state index in [9.17, 15) is 4.79 Å². The van der Waals surface area contributed by atoms with Gasteiger partial charge in [0.1, 0.15) is 11.3 Å². The first-order valence-electron chi connectivity index (χ1n) is 10.8. The molecule has 0 unspecified atom stereocenters. The van der Waals surface area contributed by atoms with Crippen LogP contribution in [0.1, 0.15) is 44.7 Å². The lowest BCUT2D eigenvalue weighted by Crippen LogP contribution is -2.31. The summed E-state index contributed by atoms with van der Waals surface area (Å²) in [6.07, 6.45) is 5.24. The third-order valence-corrected chi connectivity index (χ3v) is 6.08. The molecule has 32 heavy (non-hydrogen) atoms. The second-order valence-corrected chi connectivity index (χ2v) is 8.73. The summed E-state index contributed by atoms with van der Waals surface area (Å²) < 4.78 is 11.6. The first-order chi connectivity index (χ1) is 15.3. The van der Waals surface area contributed by atoms with E-state index in [0.717, 1.165) is 64.7 Å². The molecule has 2 aromatic carbocycles. The molecular formula is C26H29Cl2NO3. The molecule has 3 aromatic rings. The molecule has 0 bridgehead atoms. The number of furan rings is 1. The maximum Gasteiger partial charge on any atom is 0.246 e. The quantitative estimate of drug-likeness (QED) is 0.313. The summed E-state index contributed by atoms with van der Waals surface area (Å²) in [5.41, 5.74) is 4.99. The molecule has 0 saturated heterocycles. The number of hydrogen-bond acceptors (Lipinski definition) is 3. The molecule has 1 amide bonds. The van der Waals surface area contributed by atoms with E-state index in [1.165, 1.54) is 0 Å². The van der Waals surface area contributed by atoms with E-state index in [1.807, 2.05) is 30.9 Å². The van der Waals surface area contributed by atoms with Gasteiger partial charge in [-0.2, -0.15) is 0 Å². The van der Waals surface area contributed by atoms with E-state index in [2.05, 4.69) is 13.8 Å². The lowest BCUT2D eigenvalue weighted by atomic mass is 9.96. The molecule has 0 aliphatic carbocycles. The Hall–Kier alpha value is -2.43. The number of halogens is 2. The topological polar surface area (TPSA) is 42.7 Å². The highest BCUT2D eigenvalue weighted by molar-refractivity contribution is 6.36. The molecule has 0 spiro atoms. The molecule has 0 radical (unpaired) electrons. The standard InChI is InChI=1S/C26H29Cl2NO3/c1-6-10-29(11-7-2)24(30)12-16(3)20-14-21-22(19-9-8-18(27)13-23(19)28)15-32-26(21)17(4)25(20)31-5/h8-9,12-15H,6-7,10-11H2,1-5H3/b16-12+. The Bertz CT molecular complexity index is 1160. The smallest absolute Gasteiger partial charge is 0.246 e. The van der Waals surface area contributed by atoms with Crippen LogP contribution in [-0.2, 0) is 4.79 Å². The number of aryl methyl sites for hydroxylation is 1. The van der Waals surface area contributed by atoms with E-state index >= 15 is 0 Å². The Balaban J connectivity index is 2.15. The molecule has 1 heterocycles. The predicted molar refractivity (Wildman–Crippen MR) is 134 cm³/mol. The fourth-order valence-electron chi connectivity index (χ4n) is 4.01.